The van der Waals surface area contributed by atoms with Gasteiger partial charge in [-0.3, -0.25) is 14.4 Å². The number of anilines is 1. The van der Waals surface area contributed by atoms with Crippen LogP contribution in [0.4, 0.5) is 5.69 Å². The lowest BCUT2D eigenvalue weighted by Crippen LogP contribution is -2.57. The fraction of sp³-hybridized carbons (Fsp3) is 0.571. The van der Waals surface area contributed by atoms with Crippen molar-refractivity contribution < 1.29 is 14.4 Å². The van der Waals surface area contributed by atoms with E-state index in [2.05, 4.69) is 0 Å². The highest BCUT2D eigenvalue weighted by atomic mass is 16.2. The molecule has 0 radical (unpaired) electrons. The summed E-state index contributed by atoms with van der Waals surface area (Å²) < 4.78 is 0. The van der Waals surface area contributed by atoms with Gasteiger partial charge in [0.2, 0.25) is 17.7 Å². The molecule has 1 aromatic rings. The molecule has 6 nitrogen and oxygen atoms in total. The lowest BCUT2D eigenvalue weighted by Gasteiger charge is -2.41. The zero-order valence-electron chi connectivity index (χ0n) is 15.7. The first kappa shape index (κ1) is 18.0. The van der Waals surface area contributed by atoms with Gasteiger partial charge in [-0.15, -0.1) is 0 Å². The Bertz CT molecular complexity index is 715. The van der Waals surface area contributed by atoms with Gasteiger partial charge in [-0.2, -0.15) is 0 Å². The molecule has 1 aromatic carbocycles. The quantitative estimate of drug-likeness (QED) is 0.766. The average molecular weight is 369 g/mol. The van der Waals surface area contributed by atoms with Crippen molar-refractivity contribution in [2.45, 2.75) is 44.6 Å². The Kier molecular flexibility index (Phi) is 5.14. The van der Waals surface area contributed by atoms with Gasteiger partial charge < -0.3 is 14.7 Å². The number of carbonyl (C=O) groups excluding carboxylic acids is 3. The predicted molar refractivity (Wildman–Crippen MR) is 102 cm³/mol. The van der Waals surface area contributed by atoms with E-state index in [4.69, 9.17) is 0 Å². The fourth-order valence-electron chi connectivity index (χ4n) is 4.65. The summed E-state index contributed by atoms with van der Waals surface area (Å²) in [6, 6.07) is 9.80. The molecular weight excluding hydrogens is 342 g/mol. The molecule has 3 aliphatic rings. The normalized spacial score (nSPS) is 24.6. The molecule has 3 fully saturated rings. The van der Waals surface area contributed by atoms with Crippen molar-refractivity contribution in [3.63, 3.8) is 0 Å². The van der Waals surface area contributed by atoms with Gasteiger partial charge in [0.1, 0.15) is 5.92 Å². The van der Waals surface area contributed by atoms with E-state index >= 15 is 0 Å². The van der Waals surface area contributed by atoms with Gasteiger partial charge in [-0.1, -0.05) is 37.5 Å². The van der Waals surface area contributed by atoms with E-state index < -0.39 is 5.92 Å². The SMILES string of the molecule is O=C(C1CCN(c2ccccc2)C1=O)N1CCN(C2CCCCC2)C(=O)C1. The maximum atomic E-state index is 12.9. The molecule has 2 heterocycles. The topological polar surface area (TPSA) is 60.9 Å². The van der Waals surface area contributed by atoms with Crippen molar-refractivity contribution in [1.29, 1.82) is 0 Å². The number of para-hydroxylation sites is 1. The van der Waals surface area contributed by atoms with Crippen LogP contribution in [0.2, 0.25) is 0 Å². The summed E-state index contributed by atoms with van der Waals surface area (Å²) in [7, 11) is 0. The molecule has 0 aromatic heterocycles. The number of rotatable bonds is 3. The summed E-state index contributed by atoms with van der Waals surface area (Å²) in [5, 5.41) is 0. The van der Waals surface area contributed by atoms with Gasteiger partial charge >= 0.3 is 0 Å². The molecule has 0 bridgehead atoms. The van der Waals surface area contributed by atoms with Crippen LogP contribution >= 0.6 is 0 Å². The number of benzene rings is 1. The van der Waals surface area contributed by atoms with E-state index in [0.717, 1.165) is 18.5 Å². The summed E-state index contributed by atoms with van der Waals surface area (Å²) in [4.78, 5) is 43.6. The molecule has 4 rings (SSSR count). The summed E-state index contributed by atoms with van der Waals surface area (Å²) in [5.74, 6) is -0.950. The van der Waals surface area contributed by atoms with Crippen molar-refractivity contribution in [3.05, 3.63) is 30.3 Å². The van der Waals surface area contributed by atoms with Gasteiger partial charge in [0.05, 0.1) is 6.54 Å². The highest BCUT2D eigenvalue weighted by Crippen LogP contribution is 2.28. The van der Waals surface area contributed by atoms with Crippen LogP contribution < -0.4 is 4.90 Å². The van der Waals surface area contributed by atoms with Gasteiger partial charge in [0, 0.05) is 31.4 Å². The highest BCUT2D eigenvalue weighted by Gasteiger charge is 2.42. The van der Waals surface area contributed by atoms with Crippen LogP contribution in [0.15, 0.2) is 30.3 Å². The molecule has 27 heavy (non-hydrogen) atoms. The molecule has 1 aliphatic carbocycles. The van der Waals surface area contributed by atoms with Crippen LogP contribution in [0.5, 0.6) is 0 Å². The molecule has 1 saturated carbocycles. The van der Waals surface area contributed by atoms with Gasteiger partial charge in [0.25, 0.3) is 0 Å². The van der Waals surface area contributed by atoms with Crippen LogP contribution in [-0.4, -0.2) is 59.7 Å². The molecule has 1 unspecified atom stereocenters. The standard InChI is InChI=1S/C21H27N3O3/c25-19-15-22(13-14-23(19)16-7-3-1-4-8-16)20(26)18-11-12-24(21(18)27)17-9-5-2-6-10-17/h2,5-6,9-10,16,18H,1,3-4,7-8,11-15H2. The zero-order valence-corrected chi connectivity index (χ0v) is 15.7. The number of carbonyl (C=O) groups is 3. The first-order valence-corrected chi connectivity index (χ1v) is 10.1. The van der Waals surface area contributed by atoms with Crippen LogP contribution in [0, 0.1) is 5.92 Å². The van der Waals surface area contributed by atoms with Crippen LogP contribution in [0.1, 0.15) is 38.5 Å². The van der Waals surface area contributed by atoms with Crippen molar-refractivity contribution in [2.75, 3.05) is 31.1 Å². The molecular formula is C21H27N3O3. The summed E-state index contributed by atoms with van der Waals surface area (Å²) >= 11 is 0. The minimum Gasteiger partial charge on any atom is -0.336 e. The number of nitrogens with zero attached hydrogens (tertiary/aromatic N) is 3. The number of amides is 3. The Morgan fingerprint density at radius 2 is 1.63 bits per heavy atom. The highest BCUT2D eigenvalue weighted by molar-refractivity contribution is 6.10. The van der Waals surface area contributed by atoms with Crippen LogP contribution in [0.25, 0.3) is 0 Å². The third kappa shape index (κ3) is 3.57. The van der Waals surface area contributed by atoms with Gasteiger partial charge in [-0.05, 0) is 31.4 Å². The molecule has 2 aliphatic heterocycles. The second-order valence-electron chi connectivity index (χ2n) is 7.81. The summed E-state index contributed by atoms with van der Waals surface area (Å²) in [6.07, 6.45) is 6.29. The largest absolute Gasteiger partial charge is 0.336 e. The minimum absolute atomic E-state index is 0.0341. The monoisotopic (exact) mass is 369 g/mol. The molecule has 1 atom stereocenters. The lowest BCUT2D eigenvalue weighted by molar-refractivity contribution is -0.151. The first-order chi connectivity index (χ1) is 13.1. The number of hydrogen-bond acceptors (Lipinski definition) is 3. The first-order valence-electron chi connectivity index (χ1n) is 10.1. The third-order valence-electron chi connectivity index (χ3n) is 6.16. The number of piperazine rings is 1. The van der Waals surface area contributed by atoms with E-state index in [1.54, 1.807) is 9.80 Å². The molecule has 0 spiro atoms. The summed E-state index contributed by atoms with van der Waals surface area (Å²) in [5.41, 5.74) is 0.830. The molecule has 0 N–H and O–H groups in total. The maximum Gasteiger partial charge on any atom is 0.242 e. The van der Waals surface area contributed by atoms with Gasteiger partial charge in [0.15, 0.2) is 0 Å². The third-order valence-corrected chi connectivity index (χ3v) is 6.16. The Hall–Kier alpha value is -2.37. The Morgan fingerprint density at radius 1 is 0.889 bits per heavy atom. The van der Waals surface area contributed by atoms with E-state index in [1.165, 1.54) is 19.3 Å². The zero-order chi connectivity index (χ0) is 18.8. The minimum atomic E-state index is -0.653. The van der Waals surface area contributed by atoms with Crippen molar-refractivity contribution >= 4 is 23.4 Å². The predicted octanol–water partition coefficient (Wildman–Crippen LogP) is 2.04. The Balaban J connectivity index is 1.38. The van der Waals surface area contributed by atoms with Gasteiger partial charge in [-0.25, -0.2) is 0 Å². The lowest BCUT2D eigenvalue weighted by atomic mass is 9.93. The van der Waals surface area contributed by atoms with Crippen molar-refractivity contribution in [3.8, 4) is 0 Å². The Labute approximate surface area is 160 Å². The average Bonchev–Trinajstić information content (AvgIpc) is 3.10. The molecule has 2 saturated heterocycles. The second kappa shape index (κ2) is 7.71. The maximum absolute atomic E-state index is 12.9. The Morgan fingerprint density at radius 3 is 2.33 bits per heavy atom. The fourth-order valence-corrected chi connectivity index (χ4v) is 4.65. The van der Waals surface area contributed by atoms with Crippen molar-refractivity contribution in [1.82, 2.24) is 9.80 Å². The smallest absolute Gasteiger partial charge is 0.242 e. The van der Waals surface area contributed by atoms with E-state index in [-0.39, 0.29) is 24.3 Å². The van der Waals surface area contributed by atoms with E-state index in [0.29, 0.717) is 32.1 Å². The molecule has 3 amide bonds. The van der Waals surface area contributed by atoms with Crippen LogP contribution in [-0.2, 0) is 14.4 Å². The molecule has 144 valence electrons. The van der Waals surface area contributed by atoms with Crippen molar-refractivity contribution in [2.24, 2.45) is 5.92 Å². The van der Waals surface area contributed by atoms with E-state index in [1.807, 2.05) is 35.2 Å². The number of hydrogen-bond donors (Lipinski definition) is 0. The molecule has 6 heteroatoms. The van der Waals surface area contributed by atoms with Crippen LogP contribution in [0.3, 0.4) is 0 Å². The summed E-state index contributed by atoms with van der Waals surface area (Å²) in [6.45, 7) is 1.80. The van der Waals surface area contributed by atoms with E-state index in [9.17, 15) is 14.4 Å². The second-order valence-corrected chi connectivity index (χ2v) is 7.81.